The van der Waals surface area contributed by atoms with Gasteiger partial charge < -0.3 is 15.4 Å². The average Bonchev–Trinajstić information content (AvgIpc) is 2.59. The van der Waals surface area contributed by atoms with Crippen LogP contribution in [0.5, 0.6) is 0 Å². The third-order valence-corrected chi connectivity index (χ3v) is 3.50. The van der Waals surface area contributed by atoms with E-state index in [9.17, 15) is 9.59 Å². The van der Waals surface area contributed by atoms with Crippen LogP contribution in [0, 0.1) is 0 Å². The van der Waals surface area contributed by atoms with Crippen molar-refractivity contribution in [3.8, 4) is 0 Å². The van der Waals surface area contributed by atoms with E-state index in [4.69, 9.17) is 10.5 Å². The smallest absolute Gasteiger partial charge is 0.410 e. The second-order valence-electron chi connectivity index (χ2n) is 4.92. The summed E-state index contributed by atoms with van der Waals surface area (Å²) in [6.07, 6.45) is 3.79. The van der Waals surface area contributed by atoms with Crippen LogP contribution in [0.1, 0.15) is 25.7 Å². The Morgan fingerprint density at radius 2 is 1.94 bits per heavy atom. The number of rotatable bonds is 3. The van der Waals surface area contributed by atoms with E-state index >= 15 is 0 Å². The average molecular weight is 255 g/mol. The van der Waals surface area contributed by atoms with Gasteiger partial charge in [-0.05, 0) is 12.8 Å². The molecule has 2 aliphatic rings. The van der Waals surface area contributed by atoms with Gasteiger partial charge in [-0.25, -0.2) is 4.79 Å². The summed E-state index contributed by atoms with van der Waals surface area (Å²) in [7, 11) is 0. The van der Waals surface area contributed by atoms with Crippen LogP contribution in [0.15, 0.2) is 0 Å². The van der Waals surface area contributed by atoms with Crippen molar-refractivity contribution in [2.75, 3.05) is 32.7 Å². The summed E-state index contributed by atoms with van der Waals surface area (Å²) in [6, 6.07) is 0. The first kappa shape index (κ1) is 13.1. The quantitative estimate of drug-likeness (QED) is 0.780. The predicted molar refractivity (Wildman–Crippen MR) is 65.9 cm³/mol. The Labute approximate surface area is 107 Å². The molecular weight excluding hydrogens is 234 g/mol. The predicted octanol–water partition coefficient (Wildman–Crippen LogP) is 0.168. The largest absolute Gasteiger partial charge is 0.443 e. The lowest BCUT2D eigenvalue weighted by Gasteiger charge is -2.22. The van der Waals surface area contributed by atoms with Gasteiger partial charge in [-0.3, -0.25) is 9.69 Å². The molecule has 0 aliphatic carbocycles. The van der Waals surface area contributed by atoms with E-state index < -0.39 is 6.09 Å². The molecule has 2 N–H and O–H groups in total. The summed E-state index contributed by atoms with van der Waals surface area (Å²) in [5, 5.41) is 0. The Balaban J connectivity index is 1.85. The third kappa shape index (κ3) is 3.13. The highest BCUT2D eigenvalue weighted by Crippen LogP contribution is 2.13. The first-order chi connectivity index (χ1) is 8.70. The Hall–Kier alpha value is -1.30. The molecule has 2 saturated heterocycles. The molecule has 1 atom stereocenters. The SMILES string of the molecule is NCC1CN(CC(=O)N2CCCCCC2)C(=O)O1. The van der Waals surface area contributed by atoms with Gasteiger partial charge >= 0.3 is 6.09 Å². The molecule has 2 heterocycles. The van der Waals surface area contributed by atoms with Crippen LogP contribution in [0.25, 0.3) is 0 Å². The van der Waals surface area contributed by atoms with Crippen molar-refractivity contribution in [2.45, 2.75) is 31.8 Å². The summed E-state index contributed by atoms with van der Waals surface area (Å²) in [5.41, 5.74) is 5.45. The van der Waals surface area contributed by atoms with Crippen molar-refractivity contribution in [3.05, 3.63) is 0 Å². The normalized spacial score (nSPS) is 24.9. The Kier molecular flexibility index (Phi) is 4.41. The molecule has 0 spiro atoms. The fraction of sp³-hybridized carbons (Fsp3) is 0.833. The van der Waals surface area contributed by atoms with Crippen molar-refractivity contribution in [1.29, 1.82) is 0 Å². The fourth-order valence-corrected chi connectivity index (χ4v) is 2.41. The number of nitrogens with two attached hydrogens (primary N) is 1. The van der Waals surface area contributed by atoms with Gasteiger partial charge in [0.15, 0.2) is 0 Å². The van der Waals surface area contributed by atoms with Crippen molar-refractivity contribution >= 4 is 12.0 Å². The van der Waals surface area contributed by atoms with E-state index in [1.54, 1.807) is 0 Å². The van der Waals surface area contributed by atoms with Gasteiger partial charge in [0.2, 0.25) is 5.91 Å². The van der Waals surface area contributed by atoms with Gasteiger partial charge in [-0.1, -0.05) is 12.8 Å². The molecule has 2 aliphatic heterocycles. The van der Waals surface area contributed by atoms with Gasteiger partial charge in [0.25, 0.3) is 0 Å². The monoisotopic (exact) mass is 255 g/mol. The molecule has 2 amide bonds. The van der Waals surface area contributed by atoms with Crippen molar-refractivity contribution < 1.29 is 14.3 Å². The van der Waals surface area contributed by atoms with Crippen LogP contribution in [0.4, 0.5) is 4.79 Å². The van der Waals surface area contributed by atoms with Crippen molar-refractivity contribution in [1.82, 2.24) is 9.80 Å². The summed E-state index contributed by atoms with van der Waals surface area (Å²) in [5.74, 6) is 0.0199. The number of amides is 2. The summed E-state index contributed by atoms with van der Waals surface area (Å²) in [6.45, 7) is 2.47. The van der Waals surface area contributed by atoms with E-state index in [1.165, 1.54) is 17.7 Å². The number of cyclic esters (lactones) is 1. The summed E-state index contributed by atoms with van der Waals surface area (Å²) >= 11 is 0. The van der Waals surface area contributed by atoms with Gasteiger partial charge in [-0.15, -0.1) is 0 Å². The molecule has 2 fully saturated rings. The Bertz CT molecular complexity index is 314. The number of ether oxygens (including phenoxy) is 1. The van der Waals surface area contributed by atoms with E-state index in [0.29, 0.717) is 13.1 Å². The van der Waals surface area contributed by atoms with Gasteiger partial charge in [0, 0.05) is 19.6 Å². The highest BCUT2D eigenvalue weighted by molar-refractivity contribution is 5.83. The lowest BCUT2D eigenvalue weighted by molar-refractivity contribution is -0.131. The van der Waals surface area contributed by atoms with Gasteiger partial charge in [0.05, 0.1) is 6.54 Å². The molecule has 102 valence electrons. The second-order valence-corrected chi connectivity index (χ2v) is 4.92. The fourth-order valence-electron chi connectivity index (χ4n) is 2.41. The maximum atomic E-state index is 12.1. The molecule has 0 bridgehead atoms. The zero-order valence-corrected chi connectivity index (χ0v) is 10.6. The number of carbonyl (C=O) groups excluding carboxylic acids is 2. The minimum atomic E-state index is -0.423. The highest BCUT2D eigenvalue weighted by atomic mass is 16.6. The van der Waals surface area contributed by atoms with E-state index in [0.717, 1.165) is 25.9 Å². The molecule has 18 heavy (non-hydrogen) atoms. The number of hydrogen-bond acceptors (Lipinski definition) is 4. The molecule has 0 aromatic rings. The van der Waals surface area contributed by atoms with Gasteiger partial charge in [-0.2, -0.15) is 0 Å². The molecule has 2 rings (SSSR count). The maximum absolute atomic E-state index is 12.1. The molecular formula is C12H21N3O3. The topological polar surface area (TPSA) is 75.9 Å². The minimum Gasteiger partial charge on any atom is -0.443 e. The Morgan fingerprint density at radius 3 is 2.50 bits per heavy atom. The number of nitrogens with zero attached hydrogens (tertiary/aromatic N) is 2. The van der Waals surface area contributed by atoms with Crippen LogP contribution in [0.2, 0.25) is 0 Å². The number of likely N-dealkylation sites (tertiary alicyclic amines) is 1. The van der Waals surface area contributed by atoms with Crippen LogP contribution >= 0.6 is 0 Å². The first-order valence-electron chi connectivity index (χ1n) is 6.64. The van der Waals surface area contributed by atoms with E-state index in [2.05, 4.69) is 0 Å². The second kappa shape index (κ2) is 6.04. The van der Waals surface area contributed by atoms with Crippen molar-refractivity contribution in [2.24, 2.45) is 5.73 Å². The zero-order chi connectivity index (χ0) is 13.0. The first-order valence-corrected chi connectivity index (χ1v) is 6.64. The van der Waals surface area contributed by atoms with Crippen LogP contribution in [-0.2, 0) is 9.53 Å². The molecule has 6 nitrogen and oxygen atoms in total. The molecule has 0 saturated carbocycles. The van der Waals surface area contributed by atoms with E-state index in [1.807, 2.05) is 4.90 Å². The van der Waals surface area contributed by atoms with Crippen LogP contribution in [-0.4, -0.2) is 60.6 Å². The van der Waals surface area contributed by atoms with Crippen LogP contribution in [0.3, 0.4) is 0 Å². The standard InChI is InChI=1S/C12H21N3O3/c13-7-10-8-15(12(17)18-10)9-11(16)14-5-3-1-2-4-6-14/h10H,1-9,13H2. The molecule has 0 aromatic carbocycles. The molecule has 0 aromatic heterocycles. The van der Waals surface area contributed by atoms with Crippen molar-refractivity contribution in [3.63, 3.8) is 0 Å². The van der Waals surface area contributed by atoms with E-state index in [-0.39, 0.29) is 18.6 Å². The maximum Gasteiger partial charge on any atom is 0.410 e. The summed E-state index contributed by atoms with van der Waals surface area (Å²) in [4.78, 5) is 26.9. The Morgan fingerprint density at radius 1 is 1.28 bits per heavy atom. The molecule has 1 unspecified atom stereocenters. The zero-order valence-electron chi connectivity index (χ0n) is 10.6. The lowest BCUT2D eigenvalue weighted by Crippen LogP contribution is -2.41. The number of carbonyl (C=O) groups is 2. The minimum absolute atomic E-state index is 0.0199. The van der Waals surface area contributed by atoms with Gasteiger partial charge in [0.1, 0.15) is 12.6 Å². The lowest BCUT2D eigenvalue weighted by atomic mass is 10.2. The van der Waals surface area contributed by atoms with Crippen LogP contribution < -0.4 is 5.73 Å². The number of hydrogen-bond donors (Lipinski definition) is 1. The highest BCUT2D eigenvalue weighted by Gasteiger charge is 2.32. The third-order valence-electron chi connectivity index (χ3n) is 3.50. The summed E-state index contributed by atoms with van der Waals surface area (Å²) < 4.78 is 5.03. The molecule has 6 heteroatoms. The molecule has 0 radical (unpaired) electrons.